The van der Waals surface area contributed by atoms with Gasteiger partial charge in [0.2, 0.25) is 5.91 Å². The molecular weight excluding hydrogens is 1080 g/mol. The first kappa shape index (κ1) is 59.7. The molecule has 4 aliphatic heterocycles. The SMILES string of the molecule is C=C1CC2C=Nc3cc(OCc4cc(C#CCNC(=O)CCOCCOCCOCCOCCNC(=O)OC[C@@H](C)SSc5ccccn5)cc(COc5cc6c(cc5OC)C(=O)N5CC(=C)C[C@H]5C=N6)c4)c(OC)cc3C(=O)N2C1. The molecule has 4 aromatic rings. The smallest absolute Gasteiger partial charge is 0.407 e. The lowest BCUT2D eigenvalue weighted by Crippen LogP contribution is -2.35. The standard InChI is InChI=1S/C59H67N7O13S2/c1-39-23-45-32-63-49-30-53(51(71-4)28-47(49)57(68)65(45)34-39)77-37-43-25-42(26-44(27-43)38-78-54-31-50-48(29-52(54)72-5)58(69)66-35-40(2)24-46(66)33-64-50)9-8-13-60-55(67)11-15-73-17-19-75-21-22-76-20-18-74-16-14-62-59(70)79-36-41(3)80-81-56-10-6-7-12-61-56/h6-7,10,12,25-33,41,45-46H,1-2,11,13-24,34-38H2,3-5H3,(H,60,67)(H,62,70)/t41-,45+,46?/m1/s1. The molecule has 0 bridgehead atoms. The lowest BCUT2D eigenvalue weighted by atomic mass is 10.1. The van der Waals surface area contributed by atoms with E-state index in [4.69, 9.17) is 42.6 Å². The first-order valence-corrected chi connectivity index (χ1v) is 28.7. The summed E-state index contributed by atoms with van der Waals surface area (Å²) >= 11 is 0. The van der Waals surface area contributed by atoms with E-state index in [-0.39, 0.29) is 74.4 Å². The van der Waals surface area contributed by atoms with E-state index in [1.807, 2.05) is 43.3 Å². The number of hydrogen-bond donors (Lipinski definition) is 2. The highest BCUT2D eigenvalue weighted by Gasteiger charge is 2.36. The third-order valence-electron chi connectivity index (χ3n) is 12.8. The van der Waals surface area contributed by atoms with Crippen LogP contribution in [0.1, 0.15) is 63.6 Å². The Morgan fingerprint density at radius 3 is 1.81 bits per heavy atom. The maximum Gasteiger partial charge on any atom is 0.407 e. The van der Waals surface area contributed by atoms with Crippen molar-refractivity contribution in [2.75, 3.05) is 99.9 Å². The predicted molar refractivity (Wildman–Crippen MR) is 309 cm³/mol. The van der Waals surface area contributed by atoms with Crippen molar-refractivity contribution in [3.8, 4) is 34.8 Å². The van der Waals surface area contributed by atoms with E-state index in [0.717, 1.165) is 27.3 Å². The number of benzene rings is 3. The largest absolute Gasteiger partial charge is 0.493 e. The van der Waals surface area contributed by atoms with Crippen LogP contribution in [0.2, 0.25) is 0 Å². The molecule has 0 spiro atoms. The van der Waals surface area contributed by atoms with Gasteiger partial charge in [0.05, 0.1) is 108 Å². The van der Waals surface area contributed by atoms with Gasteiger partial charge in [0.15, 0.2) is 23.0 Å². The van der Waals surface area contributed by atoms with E-state index in [1.54, 1.807) is 74.3 Å². The summed E-state index contributed by atoms with van der Waals surface area (Å²) < 4.78 is 51.7. The molecule has 8 rings (SSSR count). The number of carbonyl (C=O) groups excluding carboxylic acids is 4. The highest BCUT2D eigenvalue weighted by Crippen LogP contribution is 2.41. The van der Waals surface area contributed by atoms with Crippen molar-refractivity contribution in [1.29, 1.82) is 0 Å². The molecule has 2 fully saturated rings. The number of fused-ring (bicyclic) bond motifs is 4. The van der Waals surface area contributed by atoms with E-state index < -0.39 is 6.09 Å². The lowest BCUT2D eigenvalue weighted by Gasteiger charge is -2.20. The molecule has 0 saturated carbocycles. The van der Waals surface area contributed by atoms with Crippen LogP contribution in [0.4, 0.5) is 16.2 Å². The molecule has 1 unspecified atom stereocenters. The van der Waals surface area contributed by atoms with Gasteiger partial charge in [-0.2, -0.15) is 0 Å². The number of alkyl carbamates (subject to hydrolysis) is 1. The number of amides is 4. The van der Waals surface area contributed by atoms with Crippen LogP contribution in [0.15, 0.2) is 106 Å². The van der Waals surface area contributed by atoms with Gasteiger partial charge in [-0.25, -0.2) is 9.78 Å². The average Bonchev–Trinajstić information content (AvgIpc) is 4.05. The van der Waals surface area contributed by atoms with Gasteiger partial charge in [-0.05, 0) is 84.2 Å². The summed E-state index contributed by atoms with van der Waals surface area (Å²) in [5.74, 6) is 7.25. The first-order chi connectivity index (χ1) is 39.4. The molecule has 5 heterocycles. The summed E-state index contributed by atoms with van der Waals surface area (Å²) in [4.78, 5) is 69.0. The quantitative estimate of drug-likeness (QED) is 0.0230. The normalized spacial score (nSPS) is 16.3. The van der Waals surface area contributed by atoms with Crippen molar-refractivity contribution in [1.82, 2.24) is 25.4 Å². The van der Waals surface area contributed by atoms with Crippen LogP contribution >= 0.6 is 21.6 Å². The Bertz CT molecular complexity index is 2890. The minimum atomic E-state index is -0.490. The van der Waals surface area contributed by atoms with Gasteiger partial charge < -0.3 is 63.1 Å². The molecular formula is C59H67N7O13S2. The monoisotopic (exact) mass is 1150 g/mol. The average molecular weight is 1150 g/mol. The zero-order valence-corrected chi connectivity index (χ0v) is 47.4. The van der Waals surface area contributed by atoms with Gasteiger partial charge in [-0.15, -0.1) is 0 Å². The van der Waals surface area contributed by atoms with E-state index in [9.17, 15) is 19.2 Å². The Morgan fingerprint density at radius 1 is 0.716 bits per heavy atom. The number of rotatable bonds is 29. The molecule has 20 nitrogen and oxygen atoms in total. The van der Waals surface area contributed by atoms with Crippen LogP contribution in [0.3, 0.4) is 0 Å². The number of hydrogen-bond acceptors (Lipinski definition) is 18. The van der Waals surface area contributed by atoms with Crippen molar-refractivity contribution < 1.29 is 61.8 Å². The van der Waals surface area contributed by atoms with Gasteiger partial charge in [0.1, 0.15) is 24.8 Å². The Hall–Kier alpha value is -7.39. The topological polar surface area (TPSA) is 219 Å². The van der Waals surface area contributed by atoms with Crippen molar-refractivity contribution in [2.24, 2.45) is 9.98 Å². The van der Waals surface area contributed by atoms with Gasteiger partial charge in [0, 0.05) is 67.6 Å². The van der Waals surface area contributed by atoms with E-state index >= 15 is 0 Å². The number of ether oxygens (including phenoxy) is 9. The van der Waals surface area contributed by atoms with Crippen LogP contribution in [-0.2, 0) is 41.7 Å². The summed E-state index contributed by atoms with van der Waals surface area (Å²) in [7, 11) is 6.17. The fourth-order valence-corrected chi connectivity index (χ4v) is 10.7. The molecule has 22 heteroatoms. The van der Waals surface area contributed by atoms with Crippen molar-refractivity contribution in [3.63, 3.8) is 0 Å². The summed E-state index contributed by atoms with van der Waals surface area (Å²) in [6.45, 7) is 14.6. The Morgan fingerprint density at radius 2 is 1.27 bits per heavy atom. The van der Waals surface area contributed by atoms with E-state index in [0.29, 0.717) is 130 Å². The molecule has 1 aromatic heterocycles. The maximum atomic E-state index is 13.6. The molecule has 3 atom stereocenters. The summed E-state index contributed by atoms with van der Waals surface area (Å²) in [5.41, 5.74) is 5.89. The minimum absolute atomic E-state index is 0.0912. The third kappa shape index (κ3) is 17.6. The van der Waals surface area contributed by atoms with E-state index in [1.165, 1.54) is 14.2 Å². The molecule has 4 aliphatic rings. The highest BCUT2D eigenvalue weighted by molar-refractivity contribution is 8.76. The summed E-state index contributed by atoms with van der Waals surface area (Å²) in [6.07, 6.45) is 6.27. The minimum Gasteiger partial charge on any atom is -0.493 e. The number of aliphatic imine (C=N–C) groups is 2. The number of pyridine rings is 1. The Kier molecular flexibility index (Phi) is 22.4. The van der Waals surface area contributed by atoms with Crippen LogP contribution in [0.25, 0.3) is 0 Å². The van der Waals surface area contributed by atoms with Gasteiger partial charge >= 0.3 is 6.09 Å². The molecule has 4 amide bonds. The molecule has 0 aliphatic carbocycles. The van der Waals surface area contributed by atoms with Crippen LogP contribution in [0, 0.1) is 11.8 Å². The number of nitrogens with zero attached hydrogens (tertiary/aromatic N) is 5. The fourth-order valence-electron chi connectivity index (χ4n) is 8.86. The predicted octanol–water partition coefficient (Wildman–Crippen LogP) is 7.71. The van der Waals surface area contributed by atoms with E-state index in [2.05, 4.69) is 50.6 Å². The molecule has 2 saturated heterocycles. The molecule has 0 radical (unpaired) electrons. The maximum absolute atomic E-state index is 13.6. The second-order valence-electron chi connectivity index (χ2n) is 19.1. The third-order valence-corrected chi connectivity index (χ3v) is 15.6. The summed E-state index contributed by atoms with van der Waals surface area (Å²) in [6, 6.07) is 17.8. The molecule has 2 N–H and O–H groups in total. The molecule has 81 heavy (non-hydrogen) atoms. The van der Waals surface area contributed by atoms with Crippen LogP contribution in [-0.4, -0.2) is 168 Å². The first-order valence-electron chi connectivity index (χ1n) is 26.5. The Labute approximate surface area is 479 Å². The summed E-state index contributed by atoms with van der Waals surface area (Å²) in [5, 5.41) is 6.50. The highest BCUT2D eigenvalue weighted by atomic mass is 33.1. The van der Waals surface area contributed by atoms with Crippen molar-refractivity contribution >= 4 is 69.2 Å². The van der Waals surface area contributed by atoms with Crippen LogP contribution < -0.4 is 29.6 Å². The van der Waals surface area contributed by atoms with Crippen LogP contribution in [0.5, 0.6) is 23.0 Å². The number of carbonyl (C=O) groups is 4. The zero-order valence-electron chi connectivity index (χ0n) is 45.7. The van der Waals surface area contributed by atoms with Gasteiger partial charge in [-0.3, -0.25) is 24.4 Å². The van der Waals surface area contributed by atoms with Gasteiger partial charge in [-0.1, -0.05) is 53.0 Å². The van der Waals surface area contributed by atoms with Crippen molar-refractivity contribution in [3.05, 3.63) is 119 Å². The second-order valence-corrected chi connectivity index (χ2v) is 21.7. The number of aromatic nitrogens is 1. The number of nitrogens with one attached hydrogen (secondary N) is 2. The molecule has 428 valence electrons. The Balaban J connectivity index is 0.762. The fraction of sp³-hybridized carbons (Fsp3) is 0.407. The zero-order chi connectivity index (χ0) is 56.9. The van der Waals surface area contributed by atoms with Gasteiger partial charge in [0.25, 0.3) is 11.8 Å². The van der Waals surface area contributed by atoms with Crippen molar-refractivity contribution in [2.45, 2.75) is 61.8 Å². The lowest BCUT2D eigenvalue weighted by molar-refractivity contribution is -0.122. The molecule has 3 aromatic carbocycles. The number of methoxy groups -OCH3 is 2. The second kappa shape index (κ2) is 30.4.